The van der Waals surface area contributed by atoms with Gasteiger partial charge in [0.1, 0.15) is 17.5 Å². The van der Waals surface area contributed by atoms with E-state index in [2.05, 4.69) is 41.0 Å². The van der Waals surface area contributed by atoms with Crippen LogP contribution in [0.5, 0.6) is 0 Å². The smallest absolute Gasteiger partial charge is 0.254 e. The van der Waals surface area contributed by atoms with Crippen LogP contribution in [0.4, 0.5) is 10.9 Å². The molecule has 4 heterocycles. The Bertz CT molecular complexity index is 1040. The first-order chi connectivity index (χ1) is 14.0. The first-order valence-electron chi connectivity index (χ1n) is 9.91. The van der Waals surface area contributed by atoms with Crippen LogP contribution in [0, 0.1) is 13.8 Å². The Morgan fingerprint density at radius 3 is 2.59 bits per heavy atom. The molecule has 3 aromatic heterocycles. The van der Waals surface area contributed by atoms with Gasteiger partial charge in [0.05, 0.1) is 0 Å². The molecule has 9 heteroatoms. The molecule has 0 radical (unpaired) electrons. The lowest BCUT2D eigenvalue weighted by atomic mass is 10.2. The standard InChI is InChI=1S/C20H25N7OS/c1-4-16-23-20(29-25-16)27-9-5-8-26(10-11-27)17-7-6-15(12-21-17)18-22-14(3)13(2)19(28)24-18/h6-7,12H,4-5,8-11H2,1-3H3,(H,22,24,28). The van der Waals surface area contributed by atoms with E-state index in [9.17, 15) is 4.79 Å². The van der Waals surface area contributed by atoms with Crippen molar-refractivity contribution in [2.75, 3.05) is 36.0 Å². The van der Waals surface area contributed by atoms with E-state index in [1.165, 1.54) is 11.5 Å². The number of hydrogen-bond acceptors (Lipinski definition) is 8. The highest BCUT2D eigenvalue weighted by Gasteiger charge is 2.19. The fraction of sp³-hybridized carbons (Fsp3) is 0.450. The summed E-state index contributed by atoms with van der Waals surface area (Å²) in [6.07, 6.45) is 3.69. The van der Waals surface area contributed by atoms with E-state index in [4.69, 9.17) is 0 Å². The summed E-state index contributed by atoms with van der Waals surface area (Å²) in [4.78, 5) is 33.2. The number of nitrogens with zero attached hydrogens (tertiary/aromatic N) is 6. The van der Waals surface area contributed by atoms with Gasteiger partial charge in [0.15, 0.2) is 0 Å². The molecule has 0 saturated carbocycles. The minimum Gasteiger partial charge on any atom is -0.355 e. The van der Waals surface area contributed by atoms with Crippen molar-refractivity contribution in [1.29, 1.82) is 0 Å². The second kappa shape index (κ2) is 8.28. The number of pyridine rings is 1. The molecular weight excluding hydrogens is 386 g/mol. The molecule has 1 aliphatic heterocycles. The summed E-state index contributed by atoms with van der Waals surface area (Å²) in [5, 5.41) is 1.01. The second-order valence-electron chi connectivity index (χ2n) is 7.20. The molecular formula is C20H25N7OS. The Morgan fingerprint density at radius 1 is 1.10 bits per heavy atom. The summed E-state index contributed by atoms with van der Waals surface area (Å²) in [6, 6.07) is 3.97. The van der Waals surface area contributed by atoms with Crippen LogP contribution >= 0.6 is 11.5 Å². The van der Waals surface area contributed by atoms with Gasteiger partial charge < -0.3 is 14.8 Å². The summed E-state index contributed by atoms with van der Waals surface area (Å²) in [7, 11) is 0. The highest BCUT2D eigenvalue weighted by Crippen LogP contribution is 2.22. The van der Waals surface area contributed by atoms with E-state index in [-0.39, 0.29) is 5.56 Å². The van der Waals surface area contributed by atoms with Gasteiger partial charge in [0.2, 0.25) is 5.13 Å². The lowest BCUT2D eigenvalue weighted by Gasteiger charge is -2.22. The molecule has 0 spiro atoms. The molecule has 8 nitrogen and oxygen atoms in total. The summed E-state index contributed by atoms with van der Waals surface area (Å²) >= 11 is 1.48. The zero-order chi connectivity index (χ0) is 20.4. The van der Waals surface area contributed by atoms with Gasteiger partial charge in [0, 0.05) is 67.2 Å². The van der Waals surface area contributed by atoms with Gasteiger partial charge in [-0.25, -0.2) is 15.0 Å². The second-order valence-corrected chi connectivity index (χ2v) is 7.93. The number of aromatic amines is 1. The predicted octanol–water partition coefficient (Wildman–Crippen LogP) is 2.58. The topological polar surface area (TPSA) is 90.9 Å². The highest BCUT2D eigenvalue weighted by atomic mass is 32.1. The Hall–Kier alpha value is -2.81. The Balaban J connectivity index is 1.47. The molecule has 1 aliphatic rings. The quantitative estimate of drug-likeness (QED) is 0.705. The largest absolute Gasteiger partial charge is 0.355 e. The van der Waals surface area contributed by atoms with E-state index in [0.29, 0.717) is 11.4 Å². The van der Waals surface area contributed by atoms with Crippen LogP contribution in [0.2, 0.25) is 0 Å². The molecule has 29 heavy (non-hydrogen) atoms. The van der Waals surface area contributed by atoms with Crippen molar-refractivity contribution in [3.63, 3.8) is 0 Å². The van der Waals surface area contributed by atoms with Crippen molar-refractivity contribution >= 4 is 22.5 Å². The molecule has 4 rings (SSSR count). The highest BCUT2D eigenvalue weighted by molar-refractivity contribution is 7.09. The van der Waals surface area contributed by atoms with E-state index in [1.54, 1.807) is 13.1 Å². The van der Waals surface area contributed by atoms with Crippen LogP contribution in [0.3, 0.4) is 0 Å². The van der Waals surface area contributed by atoms with E-state index in [1.807, 2.05) is 19.1 Å². The Labute approximate surface area is 173 Å². The molecule has 0 unspecified atom stereocenters. The maximum Gasteiger partial charge on any atom is 0.254 e. The van der Waals surface area contributed by atoms with E-state index in [0.717, 1.165) is 67.1 Å². The first kappa shape index (κ1) is 19.5. The van der Waals surface area contributed by atoms with Crippen molar-refractivity contribution in [2.45, 2.75) is 33.6 Å². The number of hydrogen-bond donors (Lipinski definition) is 1. The third-order valence-electron chi connectivity index (χ3n) is 5.28. The number of anilines is 2. The minimum absolute atomic E-state index is 0.105. The number of aryl methyl sites for hydroxylation is 2. The molecule has 1 N–H and O–H groups in total. The monoisotopic (exact) mass is 411 g/mol. The SMILES string of the molecule is CCc1nsc(N2CCCN(c3ccc(-c4nc(C)c(C)c(=O)[nH]4)cn3)CC2)n1. The van der Waals surface area contributed by atoms with Gasteiger partial charge in [-0.05, 0) is 32.4 Å². The van der Waals surface area contributed by atoms with Gasteiger partial charge in [-0.3, -0.25) is 4.79 Å². The molecule has 0 aromatic carbocycles. The average molecular weight is 412 g/mol. The van der Waals surface area contributed by atoms with Crippen LogP contribution in [-0.2, 0) is 6.42 Å². The summed E-state index contributed by atoms with van der Waals surface area (Å²) in [6.45, 7) is 9.40. The summed E-state index contributed by atoms with van der Waals surface area (Å²) in [5.74, 6) is 2.41. The Morgan fingerprint density at radius 2 is 1.90 bits per heavy atom. The molecule has 1 saturated heterocycles. The van der Waals surface area contributed by atoms with Crippen LogP contribution in [-0.4, -0.2) is 50.5 Å². The van der Waals surface area contributed by atoms with Crippen LogP contribution in [0.25, 0.3) is 11.4 Å². The summed E-state index contributed by atoms with van der Waals surface area (Å²) in [5.41, 5.74) is 2.09. The fourth-order valence-corrected chi connectivity index (χ4v) is 4.15. The van der Waals surface area contributed by atoms with Gasteiger partial charge in [-0.1, -0.05) is 6.92 Å². The molecule has 3 aromatic rings. The van der Waals surface area contributed by atoms with Crippen molar-refractivity contribution in [2.24, 2.45) is 0 Å². The van der Waals surface area contributed by atoms with Crippen molar-refractivity contribution < 1.29 is 0 Å². The summed E-state index contributed by atoms with van der Waals surface area (Å²) < 4.78 is 4.41. The zero-order valence-electron chi connectivity index (χ0n) is 17.0. The average Bonchev–Trinajstić information content (AvgIpc) is 3.08. The van der Waals surface area contributed by atoms with Gasteiger partial charge in [-0.15, -0.1) is 0 Å². The lowest BCUT2D eigenvalue weighted by Crippen LogP contribution is -2.31. The molecule has 0 atom stereocenters. The minimum atomic E-state index is -0.105. The molecule has 0 aliphatic carbocycles. The maximum absolute atomic E-state index is 12.0. The van der Waals surface area contributed by atoms with E-state index >= 15 is 0 Å². The fourth-order valence-electron chi connectivity index (χ4n) is 3.35. The number of nitrogens with one attached hydrogen (secondary N) is 1. The Kier molecular flexibility index (Phi) is 5.57. The van der Waals surface area contributed by atoms with Crippen LogP contribution in [0.1, 0.15) is 30.4 Å². The molecule has 152 valence electrons. The van der Waals surface area contributed by atoms with Gasteiger partial charge in [-0.2, -0.15) is 4.37 Å². The number of H-pyrrole nitrogens is 1. The molecule has 0 amide bonds. The maximum atomic E-state index is 12.0. The first-order valence-corrected chi connectivity index (χ1v) is 10.7. The third kappa shape index (κ3) is 4.14. The predicted molar refractivity (Wildman–Crippen MR) is 116 cm³/mol. The van der Waals surface area contributed by atoms with Crippen molar-refractivity contribution in [1.82, 2.24) is 24.3 Å². The molecule has 1 fully saturated rings. The number of aromatic nitrogens is 5. The van der Waals surface area contributed by atoms with E-state index < -0.39 is 0 Å². The molecule has 0 bridgehead atoms. The number of rotatable bonds is 4. The van der Waals surface area contributed by atoms with Gasteiger partial charge in [0.25, 0.3) is 5.56 Å². The van der Waals surface area contributed by atoms with Crippen molar-refractivity contribution in [3.05, 3.63) is 45.8 Å². The zero-order valence-corrected chi connectivity index (χ0v) is 17.8. The van der Waals surface area contributed by atoms with Crippen LogP contribution < -0.4 is 15.4 Å². The lowest BCUT2D eigenvalue weighted by molar-refractivity contribution is 0.796. The van der Waals surface area contributed by atoms with Crippen LogP contribution in [0.15, 0.2) is 23.1 Å². The van der Waals surface area contributed by atoms with Gasteiger partial charge >= 0.3 is 0 Å². The third-order valence-corrected chi connectivity index (χ3v) is 6.09. The normalized spacial score (nSPS) is 14.9. The van der Waals surface area contributed by atoms with Crippen molar-refractivity contribution in [3.8, 4) is 11.4 Å².